The van der Waals surface area contributed by atoms with Gasteiger partial charge < -0.3 is 4.74 Å². The molecule has 0 atom stereocenters. The molecular formula is C29H44F2O. The van der Waals surface area contributed by atoms with E-state index in [1.54, 1.807) is 12.1 Å². The molecule has 0 N–H and O–H groups in total. The van der Waals surface area contributed by atoms with Crippen LogP contribution in [0.3, 0.4) is 0 Å². The third-order valence-corrected chi connectivity index (χ3v) is 8.08. The van der Waals surface area contributed by atoms with Crippen LogP contribution in [0.2, 0.25) is 0 Å². The van der Waals surface area contributed by atoms with Crippen molar-refractivity contribution in [3.63, 3.8) is 0 Å². The molecule has 1 nitrogen and oxygen atoms in total. The highest BCUT2D eigenvalue weighted by Crippen LogP contribution is 2.44. The van der Waals surface area contributed by atoms with Crippen LogP contribution in [0.5, 0.6) is 5.75 Å². The third-order valence-electron chi connectivity index (χ3n) is 8.08. The fourth-order valence-electron chi connectivity index (χ4n) is 5.91. The van der Waals surface area contributed by atoms with Crippen molar-refractivity contribution in [3.05, 3.63) is 42.0 Å². The van der Waals surface area contributed by atoms with Crippen LogP contribution in [-0.2, 0) is 0 Å². The highest BCUT2D eigenvalue weighted by molar-refractivity contribution is 5.33. The summed E-state index contributed by atoms with van der Waals surface area (Å²) >= 11 is 0. The van der Waals surface area contributed by atoms with Gasteiger partial charge in [-0.15, -0.1) is 6.58 Å². The number of rotatable bonds is 12. The molecule has 0 unspecified atom stereocenters. The first-order chi connectivity index (χ1) is 15.6. The van der Waals surface area contributed by atoms with Gasteiger partial charge in [-0.1, -0.05) is 57.6 Å². The molecule has 0 spiro atoms. The smallest absolute Gasteiger partial charge is 0.200 e. The van der Waals surface area contributed by atoms with Gasteiger partial charge in [0.1, 0.15) is 0 Å². The van der Waals surface area contributed by atoms with Gasteiger partial charge in [-0.05, 0) is 93.1 Å². The molecule has 32 heavy (non-hydrogen) atoms. The zero-order valence-corrected chi connectivity index (χ0v) is 20.2. The molecular weight excluding hydrogens is 402 g/mol. The molecule has 0 aliphatic heterocycles. The molecule has 180 valence electrons. The Hall–Kier alpha value is -1.38. The Labute approximate surface area is 195 Å². The van der Waals surface area contributed by atoms with Gasteiger partial charge in [-0.3, -0.25) is 0 Å². The van der Waals surface area contributed by atoms with Crippen molar-refractivity contribution in [3.8, 4) is 5.75 Å². The quantitative estimate of drug-likeness (QED) is 0.229. The molecule has 3 heteroatoms. The van der Waals surface area contributed by atoms with E-state index in [9.17, 15) is 8.78 Å². The molecule has 3 rings (SSSR count). The standard InChI is InChI=1S/C29H44F2O/c1-3-4-5-6-7-8-9-10-21-32-27-20-19-26(28(30)29(27)31)25-17-15-24(16-18-25)23-13-11-22(2)12-14-23/h3,19-20,22-25H,1,4-18,21H2,2H3. The van der Waals surface area contributed by atoms with E-state index >= 15 is 0 Å². The summed E-state index contributed by atoms with van der Waals surface area (Å²) < 4.78 is 35.1. The maximum atomic E-state index is 14.9. The minimum atomic E-state index is -0.796. The maximum absolute atomic E-state index is 14.9. The summed E-state index contributed by atoms with van der Waals surface area (Å²) in [5, 5.41) is 0. The van der Waals surface area contributed by atoms with Crippen molar-refractivity contribution in [2.24, 2.45) is 17.8 Å². The van der Waals surface area contributed by atoms with Crippen LogP contribution in [-0.4, -0.2) is 6.61 Å². The van der Waals surface area contributed by atoms with E-state index in [1.165, 1.54) is 51.4 Å². The Morgan fingerprint density at radius 3 is 2.06 bits per heavy atom. The summed E-state index contributed by atoms with van der Waals surface area (Å²) in [6.45, 7) is 6.56. The van der Waals surface area contributed by atoms with Gasteiger partial charge in [0.25, 0.3) is 0 Å². The Morgan fingerprint density at radius 2 is 1.41 bits per heavy atom. The summed E-state index contributed by atoms with van der Waals surface area (Å²) in [7, 11) is 0. The van der Waals surface area contributed by atoms with Crippen LogP contribution >= 0.6 is 0 Å². The number of unbranched alkanes of at least 4 members (excludes halogenated alkanes) is 6. The molecule has 0 aromatic heterocycles. The lowest BCUT2D eigenvalue weighted by Crippen LogP contribution is -2.25. The SMILES string of the molecule is C=CCCCCCCCCOc1ccc(C2CCC(C3CCC(C)CC3)CC2)c(F)c1F. The lowest BCUT2D eigenvalue weighted by Gasteiger charge is -2.37. The molecule has 0 amide bonds. The molecule has 2 aliphatic carbocycles. The van der Waals surface area contributed by atoms with Crippen LogP contribution in [0.4, 0.5) is 8.78 Å². The van der Waals surface area contributed by atoms with Crippen molar-refractivity contribution >= 4 is 0 Å². The Morgan fingerprint density at radius 1 is 0.812 bits per heavy atom. The molecule has 0 saturated heterocycles. The summed E-state index contributed by atoms with van der Waals surface area (Å²) in [5.74, 6) is 1.27. The highest BCUT2D eigenvalue weighted by Gasteiger charge is 2.32. The minimum absolute atomic E-state index is 0.0715. The first kappa shape index (κ1) is 25.2. The molecule has 1 aromatic rings. The second-order valence-electron chi connectivity index (χ2n) is 10.5. The number of allylic oxidation sites excluding steroid dienone is 1. The van der Waals surface area contributed by atoms with Crippen LogP contribution in [0.1, 0.15) is 115 Å². The van der Waals surface area contributed by atoms with Crippen molar-refractivity contribution in [2.75, 3.05) is 6.61 Å². The van der Waals surface area contributed by atoms with E-state index in [4.69, 9.17) is 4.74 Å². The van der Waals surface area contributed by atoms with Gasteiger partial charge in [0.2, 0.25) is 5.82 Å². The average Bonchev–Trinajstić information content (AvgIpc) is 2.81. The van der Waals surface area contributed by atoms with E-state index < -0.39 is 11.6 Å². The van der Waals surface area contributed by atoms with Gasteiger partial charge in [0, 0.05) is 0 Å². The van der Waals surface area contributed by atoms with E-state index in [1.807, 2.05) is 6.08 Å². The van der Waals surface area contributed by atoms with Crippen molar-refractivity contribution in [1.82, 2.24) is 0 Å². The molecule has 0 bridgehead atoms. The Balaban J connectivity index is 1.40. The largest absolute Gasteiger partial charge is 0.490 e. The lowest BCUT2D eigenvalue weighted by atomic mass is 9.68. The zero-order chi connectivity index (χ0) is 22.8. The third kappa shape index (κ3) is 7.32. The predicted octanol–water partition coefficient (Wildman–Crippen LogP) is 9.36. The van der Waals surface area contributed by atoms with Crippen LogP contribution < -0.4 is 4.74 Å². The molecule has 0 radical (unpaired) electrons. The fraction of sp³-hybridized carbons (Fsp3) is 0.724. The minimum Gasteiger partial charge on any atom is -0.490 e. The second-order valence-corrected chi connectivity index (χ2v) is 10.5. The average molecular weight is 447 g/mol. The van der Waals surface area contributed by atoms with Crippen LogP contribution in [0.25, 0.3) is 0 Å². The Kier molecular flexibility index (Phi) is 10.5. The van der Waals surface area contributed by atoms with E-state index in [2.05, 4.69) is 13.5 Å². The van der Waals surface area contributed by atoms with Crippen molar-refractivity contribution in [1.29, 1.82) is 0 Å². The van der Waals surface area contributed by atoms with Crippen LogP contribution in [0, 0.1) is 29.4 Å². The number of halogens is 2. The monoisotopic (exact) mass is 446 g/mol. The first-order valence-corrected chi connectivity index (χ1v) is 13.3. The zero-order valence-electron chi connectivity index (χ0n) is 20.2. The molecule has 1 aromatic carbocycles. The molecule has 2 aliphatic rings. The van der Waals surface area contributed by atoms with Gasteiger partial charge in [-0.2, -0.15) is 4.39 Å². The van der Waals surface area contributed by atoms with Crippen molar-refractivity contribution in [2.45, 2.75) is 109 Å². The molecule has 0 heterocycles. The molecule has 2 saturated carbocycles. The van der Waals surface area contributed by atoms with Gasteiger partial charge >= 0.3 is 0 Å². The van der Waals surface area contributed by atoms with E-state index in [0.717, 1.165) is 62.7 Å². The lowest BCUT2D eigenvalue weighted by molar-refractivity contribution is 0.164. The first-order valence-electron chi connectivity index (χ1n) is 13.3. The Bertz CT molecular complexity index is 685. The molecule has 2 fully saturated rings. The summed E-state index contributed by atoms with van der Waals surface area (Å²) in [6.07, 6.45) is 19.6. The summed E-state index contributed by atoms with van der Waals surface area (Å²) in [4.78, 5) is 0. The maximum Gasteiger partial charge on any atom is 0.200 e. The fourth-order valence-corrected chi connectivity index (χ4v) is 5.91. The van der Waals surface area contributed by atoms with Gasteiger partial charge in [0.15, 0.2) is 11.6 Å². The summed E-state index contributed by atoms with van der Waals surface area (Å²) in [5.41, 5.74) is 0.560. The van der Waals surface area contributed by atoms with Gasteiger partial charge in [-0.25, -0.2) is 4.39 Å². The number of hydrogen-bond donors (Lipinski definition) is 0. The second kappa shape index (κ2) is 13.4. The van der Waals surface area contributed by atoms with Crippen molar-refractivity contribution < 1.29 is 13.5 Å². The van der Waals surface area contributed by atoms with E-state index in [-0.39, 0.29) is 11.7 Å². The number of ether oxygens (including phenoxy) is 1. The van der Waals surface area contributed by atoms with E-state index in [0.29, 0.717) is 12.2 Å². The highest BCUT2D eigenvalue weighted by atomic mass is 19.2. The number of hydrogen-bond acceptors (Lipinski definition) is 1. The topological polar surface area (TPSA) is 9.23 Å². The van der Waals surface area contributed by atoms with Gasteiger partial charge in [0.05, 0.1) is 6.61 Å². The number of benzene rings is 1. The van der Waals surface area contributed by atoms with Crippen LogP contribution in [0.15, 0.2) is 24.8 Å². The summed E-state index contributed by atoms with van der Waals surface area (Å²) in [6, 6.07) is 3.43. The normalized spacial score (nSPS) is 26.1. The predicted molar refractivity (Wildman–Crippen MR) is 130 cm³/mol.